The maximum Gasteiger partial charge on any atom is 0.387 e. The molecule has 0 atom stereocenters. The van der Waals surface area contributed by atoms with Crippen LogP contribution in [0.4, 0.5) is 13.2 Å². The summed E-state index contributed by atoms with van der Waals surface area (Å²) in [6.45, 7) is -3.07. The molecule has 0 heterocycles. The van der Waals surface area contributed by atoms with E-state index in [1.807, 2.05) is 18.2 Å². The zero-order valence-electron chi connectivity index (χ0n) is 12.0. The molecule has 1 nitrogen and oxygen atoms in total. The molecule has 21 heavy (non-hydrogen) atoms. The predicted octanol–water partition coefficient (Wildman–Crippen LogP) is 5.48. The third-order valence-electron chi connectivity index (χ3n) is 4.03. The Morgan fingerprint density at radius 2 is 1.76 bits per heavy atom. The highest BCUT2D eigenvalue weighted by Crippen LogP contribution is 2.36. The van der Waals surface area contributed by atoms with Crippen LogP contribution in [0.5, 0.6) is 5.75 Å². The maximum atomic E-state index is 12.1. The summed E-state index contributed by atoms with van der Waals surface area (Å²) in [5, 5.41) is 0. The first-order valence-corrected chi connectivity index (χ1v) is 7.46. The first-order chi connectivity index (χ1) is 10.2. The second-order valence-corrected chi connectivity index (χ2v) is 5.47. The molecule has 0 spiro atoms. The Kier molecular flexibility index (Phi) is 6.15. The Bertz CT molecular complexity index is 434. The molecule has 4 heteroatoms. The Hall–Kier alpha value is -1.45. The standard InChI is InChI=1S/C17H21F3O/c18-12-2-1-3-13-4-6-14(7-5-13)15-8-10-16(11-9-15)21-17(19)20/h1,3,8-11,13-14,17H,2,4-7,12H2/b3-1+/t13-,14-. The van der Waals surface area contributed by atoms with E-state index in [-0.39, 0.29) is 12.4 Å². The zero-order chi connectivity index (χ0) is 15.1. The molecule has 0 bridgehead atoms. The van der Waals surface area contributed by atoms with Gasteiger partial charge in [-0.1, -0.05) is 24.3 Å². The molecule has 1 aromatic carbocycles. The lowest BCUT2D eigenvalue weighted by Gasteiger charge is -2.27. The van der Waals surface area contributed by atoms with Gasteiger partial charge in [0.05, 0.1) is 6.67 Å². The third-order valence-corrected chi connectivity index (χ3v) is 4.03. The molecule has 0 unspecified atom stereocenters. The zero-order valence-corrected chi connectivity index (χ0v) is 12.0. The largest absolute Gasteiger partial charge is 0.435 e. The highest BCUT2D eigenvalue weighted by Gasteiger charge is 2.20. The number of halogens is 3. The molecule has 0 aromatic heterocycles. The molecule has 0 aliphatic heterocycles. The summed E-state index contributed by atoms with van der Waals surface area (Å²) < 4.78 is 40.6. The van der Waals surface area contributed by atoms with Crippen LogP contribution in [0.2, 0.25) is 0 Å². The second kappa shape index (κ2) is 8.11. The fraction of sp³-hybridized carbons (Fsp3) is 0.529. The minimum atomic E-state index is -2.78. The molecular weight excluding hydrogens is 277 g/mol. The van der Waals surface area contributed by atoms with Crippen LogP contribution >= 0.6 is 0 Å². The van der Waals surface area contributed by atoms with Crippen LogP contribution in [0.25, 0.3) is 0 Å². The lowest BCUT2D eigenvalue weighted by molar-refractivity contribution is -0.0498. The molecule has 0 amide bonds. The van der Waals surface area contributed by atoms with E-state index in [1.165, 1.54) is 5.56 Å². The minimum absolute atomic E-state index is 0.205. The number of benzene rings is 1. The van der Waals surface area contributed by atoms with Crippen LogP contribution in [0, 0.1) is 5.92 Å². The van der Waals surface area contributed by atoms with Gasteiger partial charge in [-0.3, -0.25) is 4.39 Å². The van der Waals surface area contributed by atoms with Crippen LogP contribution in [-0.4, -0.2) is 13.3 Å². The molecular formula is C17H21F3O. The van der Waals surface area contributed by atoms with Gasteiger partial charge in [0.15, 0.2) is 0 Å². The monoisotopic (exact) mass is 298 g/mol. The molecule has 0 N–H and O–H groups in total. The average Bonchev–Trinajstić information content (AvgIpc) is 2.49. The van der Waals surface area contributed by atoms with Crippen molar-refractivity contribution < 1.29 is 17.9 Å². The second-order valence-electron chi connectivity index (χ2n) is 5.47. The van der Waals surface area contributed by atoms with Gasteiger partial charge in [0.2, 0.25) is 0 Å². The molecule has 1 aromatic rings. The van der Waals surface area contributed by atoms with E-state index < -0.39 is 6.61 Å². The van der Waals surface area contributed by atoms with Crippen molar-refractivity contribution in [1.82, 2.24) is 0 Å². The molecule has 1 aliphatic carbocycles. The molecule has 1 saturated carbocycles. The summed E-state index contributed by atoms with van der Waals surface area (Å²) in [7, 11) is 0. The molecule has 1 fully saturated rings. The lowest BCUT2D eigenvalue weighted by atomic mass is 9.78. The van der Waals surface area contributed by atoms with Crippen molar-refractivity contribution >= 4 is 0 Å². The smallest absolute Gasteiger partial charge is 0.387 e. The normalized spacial score (nSPS) is 22.9. The number of ether oxygens (including phenoxy) is 1. The topological polar surface area (TPSA) is 9.23 Å². The van der Waals surface area contributed by atoms with Crippen LogP contribution in [0.15, 0.2) is 36.4 Å². The maximum absolute atomic E-state index is 12.1. The van der Waals surface area contributed by atoms with Gasteiger partial charge in [-0.05, 0) is 61.6 Å². The molecule has 116 valence electrons. The molecule has 2 rings (SSSR count). The van der Waals surface area contributed by atoms with Crippen molar-refractivity contribution in [1.29, 1.82) is 0 Å². The summed E-state index contributed by atoms with van der Waals surface area (Å²) in [6, 6.07) is 6.97. The van der Waals surface area contributed by atoms with Crippen LogP contribution in [0.3, 0.4) is 0 Å². The Balaban J connectivity index is 1.84. The quantitative estimate of drug-likeness (QED) is 0.632. The number of rotatable bonds is 6. The van der Waals surface area contributed by atoms with Crippen molar-refractivity contribution in [2.45, 2.75) is 44.6 Å². The van der Waals surface area contributed by atoms with Gasteiger partial charge in [-0.25, -0.2) is 0 Å². The minimum Gasteiger partial charge on any atom is -0.435 e. The first kappa shape index (κ1) is 15.9. The highest BCUT2D eigenvalue weighted by atomic mass is 19.3. The first-order valence-electron chi connectivity index (χ1n) is 7.46. The van der Waals surface area contributed by atoms with Crippen LogP contribution in [0.1, 0.15) is 43.6 Å². The van der Waals surface area contributed by atoms with Crippen LogP contribution < -0.4 is 4.74 Å². The molecule has 0 radical (unpaired) electrons. The molecule has 1 aliphatic rings. The van der Waals surface area contributed by atoms with Gasteiger partial charge >= 0.3 is 6.61 Å². The third kappa shape index (κ3) is 5.10. The van der Waals surface area contributed by atoms with E-state index in [4.69, 9.17) is 0 Å². The van der Waals surface area contributed by atoms with E-state index in [1.54, 1.807) is 12.1 Å². The lowest BCUT2D eigenvalue weighted by Crippen LogP contribution is -2.11. The Morgan fingerprint density at radius 1 is 1.10 bits per heavy atom. The van der Waals surface area contributed by atoms with Gasteiger partial charge in [0.1, 0.15) is 5.75 Å². The summed E-state index contributed by atoms with van der Waals surface area (Å²) in [5.41, 5.74) is 1.18. The van der Waals surface area contributed by atoms with Crippen molar-refractivity contribution in [3.63, 3.8) is 0 Å². The summed E-state index contributed by atoms with van der Waals surface area (Å²) in [4.78, 5) is 0. The van der Waals surface area contributed by atoms with Crippen molar-refractivity contribution in [2.24, 2.45) is 5.92 Å². The van der Waals surface area contributed by atoms with Crippen LogP contribution in [-0.2, 0) is 0 Å². The van der Waals surface area contributed by atoms with E-state index in [2.05, 4.69) is 10.8 Å². The number of hydrogen-bond acceptors (Lipinski definition) is 1. The summed E-state index contributed by atoms with van der Waals surface area (Å²) in [5.74, 6) is 1.24. The van der Waals surface area contributed by atoms with Gasteiger partial charge in [-0.15, -0.1) is 0 Å². The van der Waals surface area contributed by atoms with Crippen molar-refractivity contribution in [3.8, 4) is 5.75 Å². The fourth-order valence-electron chi connectivity index (χ4n) is 2.92. The molecule has 0 saturated heterocycles. The summed E-state index contributed by atoms with van der Waals surface area (Å²) >= 11 is 0. The Labute approximate surface area is 123 Å². The van der Waals surface area contributed by atoms with E-state index in [9.17, 15) is 13.2 Å². The van der Waals surface area contributed by atoms with E-state index in [0.717, 1.165) is 25.7 Å². The Morgan fingerprint density at radius 3 is 2.33 bits per heavy atom. The number of allylic oxidation sites excluding steroid dienone is 2. The number of hydrogen-bond donors (Lipinski definition) is 0. The van der Waals surface area contributed by atoms with Gasteiger partial charge in [-0.2, -0.15) is 8.78 Å². The predicted molar refractivity (Wildman–Crippen MR) is 77.5 cm³/mol. The van der Waals surface area contributed by atoms with Gasteiger partial charge in [0, 0.05) is 0 Å². The summed E-state index contributed by atoms with van der Waals surface area (Å²) in [6.07, 6.45) is 8.94. The SMILES string of the molecule is FCC/C=C/[C@H]1CC[C@H](c2ccc(OC(F)F)cc2)CC1. The highest BCUT2D eigenvalue weighted by molar-refractivity contribution is 5.29. The number of alkyl halides is 3. The van der Waals surface area contributed by atoms with Crippen molar-refractivity contribution in [2.75, 3.05) is 6.67 Å². The van der Waals surface area contributed by atoms with Gasteiger partial charge < -0.3 is 4.74 Å². The van der Waals surface area contributed by atoms with E-state index >= 15 is 0 Å². The van der Waals surface area contributed by atoms with Gasteiger partial charge in [0.25, 0.3) is 0 Å². The van der Waals surface area contributed by atoms with Crippen molar-refractivity contribution in [3.05, 3.63) is 42.0 Å². The fourth-order valence-corrected chi connectivity index (χ4v) is 2.92. The van der Waals surface area contributed by atoms with E-state index in [0.29, 0.717) is 18.3 Å². The average molecular weight is 298 g/mol.